The van der Waals surface area contributed by atoms with Crippen molar-refractivity contribution >= 4 is 11.6 Å². The molecular weight excluding hydrogens is 180 g/mol. The van der Waals surface area contributed by atoms with Crippen molar-refractivity contribution in [2.24, 2.45) is 5.10 Å². The van der Waals surface area contributed by atoms with E-state index >= 15 is 0 Å². The molecule has 1 aliphatic heterocycles. The largest absolute Gasteiger partial charge is 0.273 e. The molecule has 74 valence electrons. The van der Waals surface area contributed by atoms with E-state index in [0.29, 0.717) is 6.42 Å². The maximum Gasteiger partial charge on any atom is 0.248 e. The Morgan fingerprint density at radius 2 is 2.36 bits per heavy atom. The monoisotopic (exact) mass is 192 g/mol. The van der Waals surface area contributed by atoms with Crippen LogP contribution in [0.25, 0.3) is 0 Å². The van der Waals surface area contributed by atoms with Crippen molar-refractivity contribution in [2.75, 3.05) is 7.05 Å². The lowest BCUT2D eigenvalue weighted by Crippen LogP contribution is -2.14. The molecule has 5 heteroatoms. The highest BCUT2D eigenvalue weighted by Crippen LogP contribution is 2.12. The molecule has 5 nitrogen and oxygen atoms in total. The maximum absolute atomic E-state index is 11.2. The zero-order valence-corrected chi connectivity index (χ0v) is 8.27. The molecule has 14 heavy (non-hydrogen) atoms. The van der Waals surface area contributed by atoms with Crippen LogP contribution in [0.5, 0.6) is 0 Å². The van der Waals surface area contributed by atoms with Crippen LogP contribution in [0, 0.1) is 0 Å². The molecule has 1 amide bonds. The molecule has 0 aromatic carbocycles. The van der Waals surface area contributed by atoms with Crippen LogP contribution in [0.3, 0.4) is 0 Å². The minimum Gasteiger partial charge on any atom is -0.273 e. The molecule has 0 spiro atoms. The first-order valence-corrected chi connectivity index (χ1v) is 4.57. The molecule has 0 saturated heterocycles. The summed E-state index contributed by atoms with van der Waals surface area (Å²) in [6.07, 6.45) is 4.03. The number of hydrogen-bond acceptors (Lipinski definition) is 3. The van der Waals surface area contributed by atoms with Crippen molar-refractivity contribution in [3.63, 3.8) is 0 Å². The quantitative estimate of drug-likeness (QED) is 0.684. The van der Waals surface area contributed by atoms with Crippen LogP contribution in [0.4, 0.5) is 0 Å². The number of nitrogens with zero attached hydrogens (tertiary/aromatic N) is 4. The summed E-state index contributed by atoms with van der Waals surface area (Å²) in [7, 11) is 1.67. The Morgan fingerprint density at radius 1 is 1.57 bits per heavy atom. The minimum absolute atomic E-state index is 0.0317. The first-order valence-electron chi connectivity index (χ1n) is 4.57. The van der Waals surface area contributed by atoms with Gasteiger partial charge in [0.1, 0.15) is 0 Å². The lowest BCUT2D eigenvalue weighted by molar-refractivity contribution is -0.127. The van der Waals surface area contributed by atoms with Gasteiger partial charge in [-0.15, -0.1) is 0 Å². The van der Waals surface area contributed by atoms with Crippen molar-refractivity contribution in [1.82, 2.24) is 14.8 Å². The highest BCUT2D eigenvalue weighted by molar-refractivity contribution is 6.13. The van der Waals surface area contributed by atoms with Crippen molar-refractivity contribution in [3.8, 4) is 0 Å². The number of carbonyl (C=O) groups is 1. The summed E-state index contributed by atoms with van der Waals surface area (Å²) in [4.78, 5) is 11.2. The van der Waals surface area contributed by atoms with E-state index in [9.17, 15) is 4.79 Å². The number of hydrazone groups is 1. The smallest absolute Gasteiger partial charge is 0.248 e. The lowest BCUT2D eigenvalue weighted by Gasteiger charge is -1.98. The van der Waals surface area contributed by atoms with Gasteiger partial charge in [0.25, 0.3) is 0 Å². The van der Waals surface area contributed by atoms with Crippen molar-refractivity contribution in [2.45, 2.75) is 19.9 Å². The summed E-state index contributed by atoms with van der Waals surface area (Å²) in [5.41, 5.74) is 1.74. The van der Waals surface area contributed by atoms with Gasteiger partial charge < -0.3 is 0 Å². The van der Waals surface area contributed by atoms with Crippen molar-refractivity contribution < 1.29 is 4.79 Å². The molecule has 2 heterocycles. The molecule has 0 bridgehead atoms. The first kappa shape index (κ1) is 8.93. The zero-order chi connectivity index (χ0) is 10.1. The lowest BCUT2D eigenvalue weighted by atomic mass is 10.2. The fourth-order valence-electron chi connectivity index (χ4n) is 1.38. The van der Waals surface area contributed by atoms with E-state index in [2.05, 4.69) is 10.2 Å². The van der Waals surface area contributed by atoms with Crippen molar-refractivity contribution in [3.05, 3.63) is 18.0 Å². The molecule has 0 N–H and O–H groups in total. The molecule has 1 aromatic heterocycles. The minimum atomic E-state index is 0.0317. The molecule has 0 aliphatic carbocycles. The molecule has 1 aromatic rings. The van der Waals surface area contributed by atoms with Gasteiger partial charge in [-0.25, -0.2) is 5.01 Å². The van der Waals surface area contributed by atoms with Gasteiger partial charge >= 0.3 is 0 Å². The predicted molar refractivity (Wildman–Crippen MR) is 51.8 cm³/mol. The Bertz CT molecular complexity index is 393. The topological polar surface area (TPSA) is 50.5 Å². The second-order valence-electron chi connectivity index (χ2n) is 3.23. The molecule has 0 atom stereocenters. The van der Waals surface area contributed by atoms with Crippen LogP contribution >= 0.6 is 0 Å². The van der Waals surface area contributed by atoms with Gasteiger partial charge in [-0.1, -0.05) is 0 Å². The summed E-state index contributed by atoms with van der Waals surface area (Å²) in [5, 5.41) is 9.64. The second kappa shape index (κ2) is 3.25. The van der Waals surface area contributed by atoms with E-state index in [0.717, 1.165) is 17.8 Å². The molecule has 1 aliphatic rings. The number of carbonyl (C=O) groups excluding carboxylic acids is 1. The average Bonchev–Trinajstić information content (AvgIpc) is 2.74. The fourth-order valence-corrected chi connectivity index (χ4v) is 1.38. The van der Waals surface area contributed by atoms with Crippen molar-refractivity contribution in [1.29, 1.82) is 0 Å². The average molecular weight is 192 g/mol. The number of aromatic nitrogens is 2. The van der Waals surface area contributed by atoms with Crippen LogP contribution in [0.15, 0.2) is 17.5 Å². The first-order chi connectivity index (χ1) is 6.70. The van der Waals surface area contributed by atoms with E-state index in [4.69, 9.17) is 0 Å². The molecule has 0 saturated carbocycles. The Hall–Kier alpha value is -1.65. The van der Waals surface area contributed by atoms with Crippen LogP contribution in [0.1, 0.15) is 18.9 Å². The number of aryl methyl sites for hydroxylation is 1. The Labute approximate surface area is 82.0 Å². The second-order valence-corrected chi connectivity index (χ2v) is 3.23. The van der Waals surface area contributed by atoms with E-state index < -0.39 is 0 Å². The van der Waals surface area contributed by atoms with E-state index in [1.807, 2.05) is 17.8 Å². The van der Waals surface area contributed by atoms with E-state index in [1.165, 1.54) is 5.01 Å². The molecule has 2 rings (SSSR count). The van der Waals surface area contributed by atoms with Crippen LogP contribution in [-0.4, -0.2) is 33.5 Å². The summed E-state index contributed by atoms with van der Waals surface area (Å²) >= 11 is 0. The maximum atomic E-state index is 11.2. The molecule has 0 unspecified atom stereocenters. The number of amides is 1. The van der Waals surface area contributed by atoms with Gasteiger partial charge in [0.15, 0.2) is 0 Å². The zero-order valence-electron chi connectivity index (χ0n) is 8.27. The summed E-state index contributed by atoms with van der Waals surface area (Å²) in [6, 6.07) is 0. The Balaban J connectivity index is 2.24. The highest BCUT2D eigenvalue weighted by Gasteiger charge is 2.22. The fraction of sp³-hybridized carbons (Fsp3) is 0.444. The number of rotatable bonds is 2. The van der Waals surface area contributed by atoms with Crippen LogP contribution in [-0.2, 0) is 11.3 Å². The summed E-state index contributed by atoms with van der Waals surface area (Å²) < 4.78 is 1.82. The number of hydrogen-bond donors (Lipinski definition) is 0. The van der Waals surface area contributed by atoms with Gasteiger partial charge in [-0.05, 0) is 6.92 Å². The molecule has 0 radical (unpaired) electrons. The molecule has 0 fully saturated rings. The van der Waals surface area contributed by atoms with Gasteiger partial charge in [-0.3, -0.25) is 9.48 Å². The normalized spacial score (nSPS) is 16.3. The summed E-state index contributed by atoms with van der Waals surface area (Å²) in [5.74, 6) is 0.0317. The summed E-state index contributed by atoms with van der Waals surface area (Å²) in [6.45, 7) is 2.85. The van der Waals surface area contributed by atoms with Gasteiger partial charge in [0.05, 0.1) is 18.3 Å². The van der Waals surface area contributed by atoms with Gasteiger partial charge in [-0.2, -0.15) is 10.2 Å². The Kier molecular flexibility index (Phi) is 2.07. The Morgan fingerprint density at radius 3 is 2.86 bits per heavy atom. The van der Waals surface area contributed by atoms with Crippen LogP contribution in [0.2, 0.25) is 0 Å². The van der Waals surface area contributed by atoms with Gasteiger partial charge in [0, 0.05) is 25.4 Å². The third-order valence-electron chi connectivity index (χ3n) is 2.24. The van der Waals surface area contributed by atoms with E-state index in [-0.39, 0.29) is 5.91 Å². The van der Waals surface area contributed by atoms with Gasteiger partial charge in [0.2, 0.25) is 5.91 Å². The highest BCUT2D eigenvalue weighted by atomic mass is 16.2. The SMILES string of the molecule is CCn1cc(C2=NN(C)C(=O)C2)cn1. The van der Waals surface area contributed by atoms with E-state index in [1.54, 1.807) is 13.2 Å². The third-order valence-corrected chi connectivity index (χ3v) is 2.24. The standard InChI is InChI=1S/C9H12N4O/c1-3-13-6-7(5-10-13)8-4-9(14)12(2)11-8/h5-6H,3-4H2,1-2H3. The van der Waals surface area contributed by atoms with Crippen LogP contribution < -0.4 is 0 Å². The third kappa shape index (κ3) is 1.41. The predicted octanol–water partition coefficient (Wildman–Crippen LogP) is 0.469. The molecular formula is C9H12N4O.